The van der Waals surface area contributed by atoms with Crippen molar-refractivity contribution in [2.45, 2.75) is 65.0 Å². The summed E-state index contributed by atoms with van der Waals surface area (Å²) >= 11 is 1.70. The normalized spacial score (nSPS) is 20.3. The van der Waals surface area contributed by atoms with Crippen molar-refractivity contribution in [3.8, 4) is 0 Å². The van der Waals surface area contributed by atoms with E-state index in [4.69, 9.17) is 9.73 Å². The predicted molar refractivity (Wildman–Crippen MR) is 126 cm³/mol. The molecule has 6 nitrogen and oxygen atoms in total. The molecule has 1 heterocycles. The van der Waals surface area contributed by atoms with Crippen molar-refractivity contribution in [1.82, 2.24) is 5.32 Å². The number of nitrogens with one attached hydrogen (secondary N) is 1. The molecule has 0 aromatic carbocycles. The first-order valence-electron chi connectivity index (χ1n) is 10.6. The van der Waals surface area contributed by atoms with E-state index >= 15 is 0 Å². The molecule has 1 aliphatic carbocycles. The molecule has 30 heavy (non-hydrogen) atoms. The molecular weight excluding hydrogens is 398 g/mol. The Morgan fingerprint density at radius 3 is 2.77 bits per heavy atom. The molecule has 1 unspecified atom stereocenters. The van der Waals surface area contributed by atoms with Gasteiger partial charge < -0.3 is 14.8 Å². The fourth-order valence-electron chi connectivity index (χ4n) is 3.40. The smallest absolute Gasteiger partial charge is 0.327 e. The van der Waals surface area contributed by atoms with Gasteiger partial charge in [0.1, 0.15) is 12.6 Å². The van der Waals surface area contributed by atoms with Crippen molar-refractivity contribution in [3.63, 3.8) is 0 Å². The van der Waals surface area contributed by atoms with Gasteiger partial charge in [0.2, 0.25) is 5.90 Å². The molecule has 2 aliphatic rings. The van der Waals surface area contributed by atoms with E-state index in [0.29, 0.717) is 23.3 Å². The van der Waals surface area contributed by atoms with Gasteiger partial charge in [-0.25, -0.2) is 4.99 Å². The monoisotopic (exact) mass is 433 g/mol. The van der Waals surface area contributed by atoms with Crippen molar-refractivity contribution in [2.24, 2.45) is 15.9 Å². The number of methoxy groups -OCH3 is 1. The molecule has 0 saturated carbocycles. The molecule has 0 bridgehead atoms. The first-order chi connectivity index (χ1) is 14.3. The summed E-state index contributed by atoms with van der Waals surface area (Å²) < 4.78 is 10.4. The second kappa shape index (κ2) is 12.0. The molecule has 166 valence electrons. The van der Waals surface area contributed by atoms with E-state index in [1.807, 2.05) is 0 Å². The maximum atomic E-state index is 11.5. The average Bonchev–Trinajstić information content (AvgIpc) is 3.19. The van der Waals surface area contributed by atoms with Gasteiger partial charge >= 0.3 is 5.97 Å². The number of hydrogen-bond donors (Lipinski definition) is 1. The molecule has 1 aliphatic heterocycles. The number of hydrogen-bond acceptors (Lipinski definition) is 7. The summed E-state index contributed by atoms with van der Waals surface area (Å²) in [5, 5.41) is 4.62. The number of rotatable bonds is 10. The van der Waals surface area contributed by atoms with Gasteiger partial charge in [0.15, 0.2) is 0 Å². The van der Waals surface area contributed by atoms with Crippen LogP contribution in [0.25, 0.3) is 0 Å². The van der Waals surface area contributed by atoms with Gasteiger partial charge in [-0.1, -0.05) is 38.7 Å². The highest BCUT2D eigenvalue weighted by molar-refractivity contribution is 8.14. The zero-order chi connectivity index (χ0) is 22.1. The summed E-state index contributed by atoms with van der Waals surface area (Å²) in [5.74, 6) is 1.57. The fraction of sp³-hybridized carbons (Fsp3) is 0.609. The Hall–Kier alpha value is -2.02. The van der Waals surface area contributed by atoms with Crippen molar-refractivity contribution in [2.75, 3.05) is 19.4 Å². The maximum absolute atomic E-state index is 11.5. The molecule has 0 aromatic rings. The van der Waals surface area contributed by atoms with Crippen molar-refractivity contribution < 1.29 is 14.3 Å². The lowest BCUT2D eigenvalue weighted by Crippen LogP contribution is -2.38. The lowest BCUT2D eigenvalue weighted by atomic mass is 9.96. The number of thioether (sulfide) groups is 1. The van der Waals surface area contributed by atoms with E-state index in [2.05, 4.69) is 48.1 Å². The molecule has 0 saturated heterocycles. The Balaban J connectivity index is 2.09. The van der Waals surface area contributed by atoms with Crippen LogP contribution in [0.15, 0.2) is 46.2 Å². The zero-order valence-corrected chi connectivity index (χ0v) is 19.5. The quantitative estimate of drug-likeness (QED) is 0.179. The van der Waals surface area contributed by atoms with Crippen LogP contribution >= 0.6 is 11.8 Å². The number of carbonyl (C=O) groups is 1. The number of carbonyl (C=O) groups excluding carboxylic acids is 1. The van der Waals surface area contributed by atoms with Gasteiger partial charge in [-0.15, -0.1) is 11.8 Å². The van der Waals surface area contributed by atoms with Gasteiger partial charge in [-0.05, 0) is 38.5 Å². The summed E-state index contributed by atoms with van der Waals surface area (Å²) in [6.45, 7) is 14.1. The lowest BCUT2D eigenvalue weighted by Gasteiger charge is -2.25. The molecule has 0 aromatic heterocycles. The van der Waals surface area contributed by atoms with E-state index in [0.717, 1.165) is 17.2 Å². The van der Waals surface area contributed by atoms with Gasteiger partial charge in [-0.2, -0.15) is 0 Å². The summed E-state index contributed by atoms with van der Waals surface area (Å²) in [4.78, 5) is 20.7. The number of allylic oxidation sites excluding steroid dienone is 3. The van der Waals surface area contributed by atoms with Gasteiger partial charge in [0, 0.05) is 17.9 Å². The molecule has 7 heteroatoms. The predicted octanol–water partition coefficient (Wildman–Crippen LogP) is 4.64. The highest BCUT2D eigenvalue weighted by Gasteiger charge is 2.31. The fourth-order valence-corrected chi connectivity index (χ4v) is 4.66. The van der Waals surface area contributed by atoms with E-state index in [1.54, 1.807) is 18.7 Å². The van der Waals surface area contributed by atoms with Gasteiger partial charge in [0.25, 0.3) is 0 Å². The van der Waals surface area contributed by atoms with Crippen LogP contribution in [0.3, 0.4) is 0 Å². The molecule has 0 fully saturated rings. The molecule has 1 N–H and O–H groups in total. The molecular formula is C23H35N3O3S. The lowest BCUT2D eigenvalue weighted by molar-refractivity contribution is -0.138. The highest BCUT2D eigenvalue weighted by Crippen LogP contribution is 2.27. The molecule has 2 atom stereocenters. The largest absolute Gasteiger partial charge is 0.468 e. The number of nitrogens with zero attached hydrogens (tertiary/aromatic N) is 2. The standard InChI is InChI=1S/C23H35N3O3S/c1-15(2)21(25-17(5)12-18-10-8-7-9-11-18)23-26-19(14-30-23)22(29-16(3)4)24-13-20(27)28-6/h10,15,19,21,25H,3,5,7-9,11-14H2,1-2,4,6H3/b24-22-/t19?,21-/m0/s1. The summed E-state index contributed by atoms with van der Waals surface area (Å²) in [6.07, 6.45) is 8.17. The molecule has 0 radical (unpaired) electrons. The van der Waals surface area contributed by atoms with Crippen molar-refractivity contribution >= 4 is 28.7 Å². The highest BCUT2D eigenvalue weighted by atomic mass is 32.2. The molecule has 0 spiro atoms. The Morgan fingerprint density at radius 2 is 2.17 bits per heavy atom. The van der Waals surface area contributed by atoms with E-state index < -0.39 is 5.97 Å². The van der Waals surface area contributed by atoms with Crippen LogP contribution < -0.4 is 5.32 Å². The van der Waals surface area contributed by atoms with Crippen LogP contribution in [0, 0.1) is 5.92 Å². The topological polar surface area (TPSA) is 72.3 Å². The number of aliphatic imine (C=N–C) groups is 2. The second-order valence-electron chi connectivity index (χ2n) is 8.08. The van der Waals surface area contributed by atoms with E-state index in [-0.39, 0.29) is 18.6 Å². The van der Waals surface area contributed by atoms with Gasteiger partial charge in [-0.3, -0.25) is 9.79 Å². The van der Waals surface area contributed by atoms with Crippen LogP contribution in [-0.2, 0) is 14.3 Å². The van der Waals surface area contributed by atoms with Crippen molar-refractivity contribution in [3.05, 3.63) is 36.3 Å². The Labute approximate surface area is 185 Å². The third-order valence-corrected chi connectivity index (χ3v) is 6.08. The minimum absolute atomic E-state index is 0.0865. The summed E-state index contributed by atoms with van der Waals surface area (Å²) in [7, 11) is 1.34. The SMILES string of the molecule is C=C(CC1=CCCCC1)N[C@H](C1=NC(/C(=N/CC(=O)OC)OC(=C)C)CS1)C(C)C. The van der Waals surface area contributed by atoms with E-state index in [9.17, 15) is 4.79 Å². The third-order valence-electron chi connectivity index (χ3n) is 4.95. The Kier molecular flexibility index (Phi) is 9.69. The maximum Gasteiger partial charge on any atom is 0.327 e. The Bertz CT molecular complexity index is 740. The zero-order valence-electron chi connectivity index (χ0n) is 18.7. The van der Waals surface area contributed by atoms with Crippen LogP contribution in [-0.4, -0.2) is 48.4 Å². The first-order valence-corrected chi connectivity index (χ1v) is 11.6. The number of ether oxygens (including phenoxy) is 2. The summed E-state index contributed by atoms with van der Waals surface area (Å²) in [5.41, 5.74) is 2.51. The van der Waals surface area contributed by atoms with Crippen LogP contribution in [0.2, 0.25) is 0 Å². The number of esters is 1. The average molecular weight is 434 g/mol. The molecule has 0 amide bonds. The summed E-state index contributed by atoms with van der Waals surface area (Å²) in [6, 6.07) is -0.160. The minimum atomic E-state index is -0.414. The van der Waals surface area contributed by atoms with Crippen LogP contribution in [0.1, 0.15) is 52.9 Å². The van der Waals surface area contributed by atoms with Crippen LogP contribution in [0.5, 0.6) is 0 Å². The second-order valence-corrected chi connectivity index (χ2v) is 9.12. The first kappa shape index (κ1) is 24.3. The van der Waals surface area contributed by atoms with Crippen molar-refractivity contribution in [1.29, 1.82) is 0 Å². The van der Waals surface area contributed by atoms with Crippen LogP contribution in [0.4, 0.5) is 0 Å². The Morgan fingerprint density at radius 1 is 1.40 bits per heavy atom. The van der Waals surface area contributed by atoms with Gasteiger partial charge in [0.05, 0.1) is 24.0 Å². The minimum Gasteiger partial charge on any atom is -0.468 e. The molecule has 2 rings (SSSR count). The third kappa shape index (κ3) is 7.67. The van der Waals surface area contributed by atoms with E-state index in [1.165, 1.54) is 38.4 Å².